The summed E-state index contributed by atoms with van der Waals surface area (Å²) in [6.45, 7) is 0. The Labute approximate surface area is 72.8 Å². The molecule has 0 aliphatic rings. The molecule has 1 amide bonds. The van der Waals surface area contributed by atoms with Gasteiger partial charge in [-0.2, -0.15) is 0 Å². The molecule has 2 N–H and O–H groups in total. The summed E-state index contributed by atoms with van der Waals surface area (Å²) in [6, 6.07) is 3.19. The number of primary amides is 1. The van der Waals surface area contributed by atoms with Crippen LogP contribution in [0, 0.1) is 12.1 Å². The fourth-order valence-electron chi connectivity index (χ4n) is 1.10. The summed E-state index contributed by atoms with van der Waals surface area (Å²) in [6.07, 6.45) is 2.37. The molecular weight excluding hydrogens is 173 g/mol. The van der Waals surface area contributed by atoms with Crippen LogP contribution in [0.15, 0.2) is 18.2 Å². The first-order chi connectivity index (χ1) is 6.18. The van der Waals surface area contributed by atoms with Crippen molar-refractivity contribution in [2.24, 2.45) is 5.73 Å². The van der Waals surface area contributed by atoms with E-state index in [0.717, 1.165) is 4.57 Å². The maximum absolute atomic E-state index is 12.7. The number of aromatic nitrogens is 2. The molecule has 0 aliphatic carbocycles. The van der Waals surface area contributed by atoms with E-state index in [0.29, 0.717) is 11.0 Å². The summed E-state index contributed by atoms with van der Waals surface area (Å²) in [7, 11) is 0. The van der Waals surface area contributed by atoms with Crippen LogP contribution >= 0.6 is 0 Å². The van der Waals surface area contributed by atoms with Gasteiger partial charge in [-0.1, -0.05) is 0 Å². The van der Waals surface area contributed by atoms with Gasteiger partial charge in [-0.05, 0) is 12.1 Å². The second-order valence-corrected chi connectivity index (χ2v) is 2.52. The minimum Gasteiger partial charge on any atom is -0.351 e. The van der Waals surface area contributed by atoms with Crippen LogP contribution < -0.4 is 5.73 Å². The highest BCUT2D eigenvalue weighted by Crippen LogP contribution is 2.12. The topological polar surface area (TPSA) is 60.9 Å². The lowest BCUT2D eigenvalue weighted by atomic mass is 10.3. The molecular formula is C8H5FN3O. The summed E-state index contributed by atoms with van der Waals surface area (Å²) in [5.41, 5.74) is 5.83. The largest absolute Gasteiger partial charge is 0.351 e. The molecule has 65 valence electrons. The molecule has 0 bridgehead atoms. The average Bonchev–Trinajstić information content (AvgIpc) is 2.46. The zero-order valence-electron chi connectivity index (χ0n) is 6.49. The number of amides is 1. The van der Waals surface area contributed by atoms with Crippen molar-refractivity contribution in [1.29, 1.82) is 0 Å². The fraction of sp³-hybridized carbons (Fsp3) is 0. The summed E-state index contributed by atoms with van der Waals surface area (Å²) < 4.78 is 13.7. The first-order valence-corrected chi connectivity index (χ1v) is 3.54. The molecule has 2 rings (SSSR count). The molecule has 4 nitrogen and oxygen atoms in total. The predicted octanol–water partition coefficient (Wildman–Crippen LogP) is 0.902. The number of nitrogens with zero attached hydrogens (tertiary/aromatic N) is 2. The zero-order valence-corrected chi connectivity index (χ0v) is 6.49. The second-order valence-electron chi connectivity index (χ2n) is 2.52. The van der Waals surface area contributed by atoms with Gasteiger partial charge in [0.05, 0.1) is 11.0 Å². The van der Waals surface area contributed by atoms with Gasteiger partial charge in [0.2, 0.25) is 0 Å². The van der Waals surface area contributed by atoms with E-state index < -0.39 is 11.8 Å². The number of benzene rings is 1. The van der Waals surface area contributed by atoms with Crippen LogP contribution in [0.3, 0.4) is 0 Å². The Kier molecular flexibility index (Phi) is 1.51. The standard InChI is InChI=1S/C8H5FN3O/c9-5-1-2-7-6(3-5)11-4-12(7)8(10)13/h1-3H,(H2,10,13). The lowest BCUT2D eigenvalue weighted by molar-refractivity contribution is 0.251. The van der Waals surface area contributed by atoms with Crippen molar-refractivity contribution >= 4 is 17.1 Å². The molecule has 5 heteroatoms. The maximum atomic E-state index is 12.7. The number of carbonyl (C=O) groups is 1. The summed E-state index contributed by atoms with van der Waals surface area (Å²) in [4.78, 5) is 14.5. The van der Waals surface area contributed by atoms with Crippen LogP contribution in [0.25, 0.3) is 11.0 Å². The first kappa shape index (κ1) is 7.72. The Morgan fingerprint density at radius 2 is 2.38 bits per heavy atom. The van der Waals surface area contributed by atoms with Crippen LogP contribution in [-0.4, -0.2) is 15.6 Å². The van der Waals surface area contributed by atoms with E-state index in [4.69, 9.17) is 5.73 Å². The van der Waals surface area contributed by atoms with Gasteiger partial charge in [-0.15, -0.1) is 0 Å². The highest BCUT2D eigenvalue weighted by atomic mass is 19.1. The SMILES string of the molecule is NC(=O)n1[c]nc2cc(F)ccc21. The molecule has 0 spiro atoms. The number of carbonyl (C=O) groups excluding carboxylic acids is 1. The molecule has 13 heavy (non-hydrogen) atoms. The smallest absolute Gasteiger partial charge is 0.325 e. The number of halogens is 1. The fourth-order valence-corrected chi connectivity index (χ4v) is 1.10. The lowest BCUT2D eigenvalue weighted by Crippen LogP contribution is -2.18. The van der Waals surface area contributed by atoms with Crippen molar-refractivity contribution in [3.8, 4) is 0 Å². The van der Waals surface area contributed by atoms with E-state index in [1.54, 1.807) is 0 Å². The van der Waals surface area contributed by atoms with Crippen molar-refractivity contribution in [2.75, 3.05) is 0 Å². The van der Waals surface area contributed by atoms with E-state index in [1.165, 1.54) is 18.2 Å². The van der Waals surface area contributed by atoms with E-state index >= 15 is 0 Å². The van der Waals surface area contributed by atoms with Crippen LogP contribution in [0.1, 0.15) is 0 Å². The van der Waals surface area contributed by atoms with Gasteiger partial charge >= 0.3 is 6.03 Å². The Bertz CT molecular complexity index is 477. The molecule has 0 unspecified atom stereocenters. The van der Waals surface area contributed by atoms with Crippen LogP contribution in [0.5, 0.6) is 0 Å². The molecule has 1 heterocycles. The van der Waals surface area contributed by atoms with Gasteiger partial charge in [0.25, 0.3) is 0 Å². The van der Waals surface area contributed by atoms with Crippen molar-refractivity contribution in [3.05, 3.63) is 30.3 Å². The number of nitrogens with two attached hydrogens (primary N) is 1. The molecule has 0 fully saturated rings. The molecule has 0 atom stereocenters. The van der Waals surface area contributed by atoms with Crippen molar-refractivity contribution < 1.29 is 9.18 Å². The number of imidazole rings is 1. The summed E-state index contributed by atoms with van der Waals surface area (Å²) in [5, 5.41) is 0. The third-order valence-electron chi connectivity index (χ3n) is 1.67. The minimum absolute atomic E-state index is 0.360. The molecule has 1 radical (unpaired) electrons. The van der Waals surface area contributed by atoms with Crippen LogP contribution in [-0.2, 0) is 0 Å². The maximum Gasteiger partial charge on any atom is 0.325 e. The Balaban J connectivity index is 2.76. The van der Waals surface area contributed by atoms with Crippen molar-refractivity contribution in [1.82, 2.24) is 9.55 Å². The van der Waals surface area contributed by atoms with Crippen LogP contribution in [0.4, 0.5) is 9.18 Å². The zero-order chi connectivity index (χ0) is 9.42. The molecule has 2 aromatic rings. The Morgan fingerprint density at radius 1 is 1.62 bits per heavy atom. The van der Waals surface area contributed by atoms with Gasteiger partial charge in [0.1, 0.15) is 5.82 Å². The van der Waals surface area contributed by atoms with Crippen molar-refractivity contribution in [3.63, 3.8) is 0 Å². The highest BCUT2D eigenvalue weighted by Gasteiger charge is 2.07. The molecule has 0 aliphatic heterocycles. The van der Waals surface area contributed by atoms with E-state index in [2.05, 4.69) is 11.3 Å². The molecule has 0 saturated carbocycles. The van der Waals surface area contributed by atoms with Gasteiger partial charge < -0.3 is 5.73 Å². The highest BCUT2D eigenvalue weighted by molar-refractivity contribution is 5.87. The summed E-state index contributed by atoms with van der Waals surface area (Å²) >= 11 is 0. The quantitative estimate of drug-likeness (QED) is 0.651. The van der Waals surface area contributed by atoms with E-state index in [9.17, 15) is 9.18 Å². The Hall–Kier alpha value is -1.91. The van der Waals surface area contributed by atoms with Gasteiger partial charge in [-0.25, -0.2) is 18.7 Å². The van der Waals surface area contributed by atoms with E-state index in [-0.39, 0.29) is 0 Å². The van der Waals surface area contributed by atoms with E-state index in [1.807, 2.05) is 0 Å². The minimum atomic E-state index is -0.686. The number of fused-ring (bicyclic) bond motifs is 1. The van der Waals surface area contributed by atoms with Gasteiger partial charge in [-0.3, -0.25) is 0 Å². The number of hydrogen-bond acceptors (Lipinski definition) is 2. The number of rotatable bonds is 0. The third-order valence-corrected chi connectivity index (χ3v) is 1.67. The van der Waals surface area contributed by atoms with Gasteiger partial charge in [0.15, 0.2) is 6.33 Å². The number of hydrogen-bond donors (Lipinski definition) is 1. The molecule has 0 saturated heterocycles. The lowest BCUT2D eigenvalue weighted by Gasteiger charge is -1.95. The monoisotopic (exact) mass is 178 g/mol. The third kappa shape index (κ3) is 1.14. The van der Waals surface area contributed by atoms with Crippen LogP contribution in [0.2, 0.25) is 0 Å². The first-order valence-electron chi connectivity index (χ1n) is 3.54. The normalized spacial score (nSPS) is 10.5. The summed E-state index contributed by atoms with van der Waals surface area (Å²) in [5.74, 6) is -0.407. The molecule has 1 aromatic carbocycles. The van der Waals surface area contributed by atoms with Crippen molar-refractivity contribution in [2.45, 2.75) is 0 Å². The average molecular weight is 178 g/mol. The predicted molar refractivity (Wildman–Crippen MR) is 43.5 cm³/mol. The second kappa shape index (κ2) is 2.55. The van der Waals surface area contributed by atoms with Gasteiger partial charge in [0, 0.05) is 6.07 Å². The molecule has 1 aromatic heterocycles. The Morgan fingerprint density at radius 3 is 3.08 bits per heavy atom.